The molecule has 1 aromatic carbocycles. The normalized spacial score (nSPS) is 17.5. The molecule has 0 radical (unpaired) electrons. The monoisotopic (exact) mass is 278 g/mol. The number of urea groups is 1. The van der Waals surface area contributed by atoms with Crippen molar-refractivity contribution in [1.82, 2.24) is 10.2 Å². The maximum Gasteiger partial charge on any atom is 0.325 e. The molecule has 1 saturated heterocycles. The van der Waals surface area contributed by atoms with Crippen molar-refractivity contribution in [2.45, 2.75) is 45.7 Å². The molecule has 20 heavy (non-hydrogen) atoms. The van der Waals surface area contributed by atoms with Gasteiger partial charge in [-0.25, -0.2) is 9.18 Å². The highest BCUT2D eigenvalue weighted by atomic mass is 19.1. The highest BCUT2D eigenvalue weighted by molar-refractivity contribution is 6.06. The zero-order valence-corrected chi connectivity index (χ0v) is 12.0. The van der Waals surface area contributed by atoms with Gasteiger partial charge in [-0.05, 0) is 43.0 Å². The van der Waals surface area contributed by atoms with Crippen molar-refractivity contribution in [3.05, 3.63) is 35.1 Å². The summed E-state index contributed by atoms with van der Waals surface area (Å²) in [5, 5.41) is 2.37. The van der Waals surface area contributed by atoms with Gasteiger partial charge < -0.3 is 4.90 Å². The maximum atomic E-state index is 13.4. The van der Waals surface area contributed by atoms with Crippen LogP contribution in [0.3, 0.4) is 0 Å². The lowest BCUT2D eigenvalue weighted by Crippen LogP contribution is -2.48. The molecule has 0 aromatic heterocycles. The van der Waals surface area contributed by atoms with Gasteiger partial charge in [0, 0.05) is 6.54 Å². The van der Waals surface area contributed by atoms with Crippen LogP contribution in [0.15, 0.2) is 18.2 Å². The number of nitrogens with one attached hydrogen (secondary N) is 1. The molecule has 108 valence electrons. The fourth-order valence-electron chi connectivity index (χ4n) is 2.75. The molecule has 0 spiro atoms. The van der Waals surface area contributed by atoms with E-state index in [9.17, 15) is 14.0 Å². The Balaban J connectivity index is 2.37. The van der Waals surface area contributed by atoms with Crippen LogP contribution in [-0.4, -0.2) is 22.4 Å². The number of aryl methyl sites for hydroxylation is 1. The van der Waals surface area contributed by atoms with Crippen molar-refractivity contribution in [3.8, 4) is 0 Å². The van der Waals surface area contributed by atoms with E-state index < -0.39 is 11.6 Å². The Labute approximate surface area is 118 Å². The fraction of sp³-hybridized carbons (Fsp3) is 0.467. The first kappa shape index (κ1) is 14.5. The predicted molar refractivity (Wildman–Crippen MR) is 73.5 cm³/mol. The van der Waals surface area contributed by atoms with E-state index >= 15 is 0 Å². The lowest BCUT2D eigenvalue weighted by atomic mass is 9.90. The molecule has 0 atom stereocenters. The number of hydrogen-bond acceptors (Lipinski definition) is 2. The fourth-order valence-corrected chi connectivity index (χ4v) is 2.75. The Morgan fingerprint density at radius 3 is 2.50 bits per heavy atom. The zero-order chi connectivity index (χ0) is 14.9. The Morgan fingerprint density at radius 2 is 1.90 bits per heavy atom. The molecule has 4 nitrogen and oxygen atoms in total. The van der Waals surface area contributed by atoms with Gasteiger partial charge in [-0.1, -0.05) is 19.9 Å². The van der Waals surface area contributed by atoms with Crippen molar-refractivity contribution in [3.63, 3.8) is 0 Å². The topological polar surface area (TPSA) is 49.4 Å². The summed E-state index contributed by atoms with van der Waals surface area (Å²) in [6, 6.07) is 4.09. The van der Waals surface area contributed by atoms with Gasteiger partial charge in [0.2, 0.25) is 0 Å². The van der Waals surface area contributed by atoms with E-state index in [0.29, 0.717) is 12.8 Å². The molecule has 1 aliphatic heterocycles. The second kappa shape index (κ2) is 5.23. The van der Waals surface area contributed by atoms with Crippen LogP contribution in [-0.2, 0) is 11.3 Å². The maximum absolute atomic E-state index is 13.4. The third-order valence-corrected chi connectivity index (χ3v) is 4.21. The minimum Gasteiger partial charge on any atom is -0.305 e. The van der Waals surface area contributed by atoms with Gasteiger partial charge in [0.25, 0.3) is 5.91 Å². The van der Waals surface area contributed by atoms with Crippen molar-refractivity contribution in [2.75, 3.05) is 0 Å². The lowest BCUT2D eigenvalue weighted by Gasteiger charge is -2.34. The third kappa shape index (κ3) is 2.17. The number of carbonyl (C=O) groups is 2. The van der Waals surface area contributed by atoms with E-state index in [4.69, 9.17) is 0 Å². The van der Waals surface area contributed by atoms with E-state index in [1.54, 1.807) is 6.07 Å². The molecular formula is C15H19FN2O2. The molecule has 5 heteroatoms. The number of nitrogens with zero attached hydrogens (tertiary/aromatic N) is 1. The van der Waals surface area contributed by atoms with Crippen LogP contribution in [0.5, 0.6) is 0 Å². The third-order valence-electron chi connectivity index (χ3n) is 4.21. The molecule has 0 saturated carbocycles. The standard InChI is InChI=1S/C15H19FN2O2/c1-4-15(5-2)13(19)17-14(20)18(15)9-11-8-12(16)7-6-10(11)3/h6-8H,4-5,9H2,1-3H3,(H,17,19,20). The lowest BCUT2D eigenvalue weighted by molar-refractivity contribution is -0.127. The van der Waals surface area contributed by atoms with Crippen LogP contribution >= 0.6 is 0 Å². The van der Waals surface area contributed by atoms with Crippen molar-refractivity contribution < 1.29 is 14.0 Å². The SMILES string of the molecule is CCC1(CC)C(=O)NC(=O)N1Cc1cc(F)ccc1C. The minimum absolute atomic E-state index is 0.239. The zero-order valence-electron chi connectivity index (χ0n) is 12.0. The van der Waals surface area contributed by atoms with Crippen LogP contribution in [0, 0.1) is 12.7 Å². The molecule has 1 N–H and O–H groups in total. The highest BCUT2D eigenvalue weighted by Gasteiger charge is 2.50. The van der Waals surface area contributed by atoms with Gasteiger partial charge in [-0.2, -0.15) is 0 Å². The Morgan fingerprint density at radius 1 is 1.25 bits per heavy atom. The van der Waals surface area contributed by atoms with Crippen LogP contribution in [0.4, 0.5) is 9.18 Å². The number of hydrogen-bond donors (Lipinski definition) is 1. The number of amides is 3. The predicted octanol–water partition coefficient (Wildman–Crippen LogP) is 2.74. The number of imide groups is 1. The summed E-state index contributed by atoms with van der Waals surface area (Å²) >= 11 is 0. The van der Waals surface area contributed by atoms with E-state index in [1.165, 1.54) is 17.0 Å². The number of benzene rings is 1. The van der Waals surface area contributed by atoms with E-state index in [2.05, 4.69) is 5.32 Å². The first-order valence-corrected chi connectivity index (χ1v) is 6.82. The average Bonchev–Trinajstić information content (AvgIpc) is 2.65. The Hall–Kier alpha value is -1.91. The summed E-state index contributed by atoms with van der Waals surface area (Å²) in [7, 11) is 0. The minimum atomic E-state index is -0.824. The van der Waals surface area contributed by atoms with Crippen LogP contribution in [0.2, 0.25) is 0 Å². The second-order valence-electron chi connectivity index (χ2n) is 5.15. The van der Waals surface area contributed by atoms with Crippen molar-refractivity contribution in [1.29, 1.82) is 0 Å². The summed E-state index contributed by atoms with van der Waals surface area (Å²) in [4.78, 5) is 25.6. The largest absolute Gasteiger partial charge is 0.325 e. The van der Waals surface area contributed by atoms with Crippen LogP contribution in [0.1, 0.15) is 37.8 Å². The number of halogens is 1. The van der Waals surface area contributed by atoms with Gasteiger partial charge >= 0.3 is 6.03 Å². The smallest absolute Gasteiger partial charge is 0.305 e. The van der Waals surface area contributed by atoms with Crippen molar-refractivity contribution >= 4 is 11.9 Å². The highest BCUT2D eigenvalue weighted by Crippen LogP contribution is 2.31. The Bertz CT molecular complexity index is 553. The molecule has 3 amide bonds. The van der Waals surface area contributed by atoms with Gasteiger partial charge in [-0.15, -0.1) is 0 Å². The van der Waals surface area contributed by atoms with Gasteiger partial charge in [-0.3, -0.25) is 10.1 Å². The van der Waals surface area contributed by atoms with E-state index in [-0.39, 0.29) is 18.3 Å². The molecule has 1 heterocycles. The second-order valence-corrected chi connectivity index (χ2v) is 5.15. The van der Waals surface area contributed by atoms with E-state index in [0.717, 1.165) is 11.1 Å². The molecule has 0 aliphatic carbocycles. The van der Waals surface area contributed by atoms with Gasteiger partial charge in [0.15, 0.2) is 0 Å². The summed E-state index contributed by atoms with van der Waals surface area (Å²) in [5.74, 6) is -0.600. The first-order chi connectivity index (χ1) is 9.44. The Kier molecular flexibility index (Phi) is 3.79. The average molecular weight is 278 g/mol. The molecule has 1 aliphatic rings. The summed E-state index contributed by atoms with van der Waals surface area (Å²) in [6.07, 6.45) is 1.07. The molecule has 1 aromatic rings. The number of rotatable bonds is 4. The van der Waals surface area contributed by atoms with E-state index in [1.807, 2.05) is 20.8 Å². The quantitative estimate of drug-likeness (QED) is 0.861. The molecule has 0 unspecified atom stereocenters. The summed E-state index contributed by atoms with van der Waals surface area (Å²) in [5.41, 5.74) is 0.802. The molecule has 2 rings (SSSR count). The molecule has 1 fully saturated rings. The number of carbonyl (C=O) groups excluding carboxylic acids is 2. The van der Waals surface area contributed by atoms with Gasteiger partial charge in [0.05, 0.1) is 0 Å². The summed E-state index contributed by atoms with van der Waals surface area (Å²) in [6.45, 7) is 5.87. The molecular weight excluding hydrogens is 259 g/mol. The summed E-state index contributed by atoms with van der Waals surface area (Å²) < 4.78 is 13.4. The van der Waals surface area contributed by atoms with Gasteiger partial charge in [0.1, 0.15) is 11.4 Å². The first-order valence-electron chi connectivity index (χ1n) is 6.82. The van der Waals surface area contributed by atoms with Crippen molar-refractivity contribution in [2.24, 2.45) is 0 Å². The van der Waals surface area contributed by atoms with Crippen LogP contribution < -0.4 is 5.32 Å². The molecule has 0 bridgehead atoms. The van der Waals surface area contributed by atoms with Crippen LogP contribution in [0.25, 0.3) is 0 Å².